The van der Waals surface area contributed by atoms with Crippen molar-refractivity contribution in [2.75, 3.05) is 13.2 Å². The molecule has 0 bridgehead atoms. The minimum atomic E-state index is -0.475. The van der Waals surface area contributed by atoms with Crippen LogP contribution in [0.25, 0.3) is 5.69 Å². The summed E-state index contributed by atoms with van der Waals surface area (Å²) in [4.78, 5) is 12.5. The summed E-state index contributed by atoms with van der Waals surface area (Å²) in [6.07, 6.45) is 1.51. The Morgan fingerprint density at radius 1 is 0.947 bits per heavy atom. The zero-order valence-corrected chi connectivity index (χ0v) is 23.4. The number of ether oxygens (including phenoxy) is 3. The van der Waals surface area contributed by atoms with Gasteiger partial charge in [0.15, 0.2) is 5.76 Å². The lowest BCUT2D eigenvalue weighted by atomic mass is 10.2. The number of benzene rings is 2. The average Bonchev–Trinajstić information content (AvgIpc) is 3.52. The van der Waals surface area contributed by atoms with Gasteiger partial charge in [0.25, 0.3) is 0 Å². The molecule has 2 heterocycles. The highest BCUT2D eigenvalue weighted by atomic mass is 79.9. The highest BCUT2D eigenvalue weighted by Gasteiger charge is 2.13. The van der Waals surface area contributed by atoms with Crippen molar-refractivity contribution in [3.05, 3.63) is 93.6 Å². The number of nitrogens with one attached hydrogen (secondary N) is 1. The average molecular weight is 580 g/mol. The molecule has 0 fully saturated rings. The van der Waals surface area contributed by atoms with Gasteiger partial charge in [-0.3, -0.25) is 4.79 Å². The molecule has 0 aliphatic carbocycles. The third-order valence-electron chi connectivity index (χ3n) is 5.67. The van der Waals surface area contributed by atoms with E-state index in [-0.39, 0.29) is 12.4 Å². The number of hydrazone groups is 1. The molecule has 0 radical (unpaired) electrons. The van der Waals surface area contributed by atoms with Crippen LogP contribution in [0.5, 0.6) is 17.2 Å². The van der Waals surface area contributed by atoms with E-state index in [2.05, 4.69) is 57.0 Å². The van der Waals surface area contributed by atoms with E-state index in [4.69, 9.17) is 18.6 Å². The first-order valence-corrected chi connectivity index (χ1v) is 13.1. The van der Waals surface area contributed by atoms with Gasteiger partial charge in [-0.1, -0.05) is 0 Å². The fraction of sp³-hybridized carbons (Fsp3) is 0.241. The molecule has 0 aliphatic heterocycles. The molecule has 2 aromatic heterocycles. The van der Waals surface area contributed by atoms with E-state index in [0.29, 0.717) is 41.8 Å². The predicted molar refractivity (Wildman–Crippen MR) is 150 cm³/mol. The maximum absolute atomic E-state index is 12.5. The smallest absolute Gasteiger partial charge is 0.307 e. The van der Waals surface area contributed by atoms with E-state index in [9.17, 15) is 4.79 Å². The van der Waals surface area contributed by atoms with Crippen molar-refractivity contribution in [3.8, 4) is 22.9 Å². The van der Waals surface area contributed by atoms with Gasteiger partial charge in [-0.25, -0.2) is 5.43 Å². The topological polar surface area (TPSA) is 87.2 Å². The summed E-state index contributed by atoms with van der Waals surface area (Å²) in [6, 6.07) is 18.9. The molecular formula is C29H30BrN3O5. The third-order valence-corrected chi connectivity index (χ3v) is 6.29. The van der Waals surface area contributed by atoms with Crippen LogP contribution < -0.4 is 19.6 Å². The minimum Gasteiger partial charge on any atom is -0.493 e. The Morgan fingerprint density at radius 2 is 1.63 bits per heavy atom. The molecule has 8 nitrogen and oxygen atoms in total. The van der Waals surface area contributed by atoms with Crippen LogP contribution in [0.15, 0.2) is 74.7 Å². The van der Waals surface area contributed by atoms with Gasteiger partial charge < -0.3 is 23.2 Å². The second-order valence-electron chi connectivity index (χ2n) is 8.39. The van der Waals surface area contributed by atoms with Crippen molar-refractivity contribution in [2.45, 2.75) is 34.3 Å². The van der Waals surface area contributed by atoms with E-state index < -0.39 is 5.91 Å². The van der Waals surface area contributed by atoms with Crippen molar-refractivity contribution in [1.29, 1.82) is 0 Å². The molecule has 1 amide bonds. The van der Waals surface area contributed by atoms with Crippen LogP contribution in [0.2, 0.25) is 0 Å². The highest BCUT2D eigenvalue weighted by molar-refractivity contribution is 9.10. The normalized spacial score (nSPS) is 11.1. The zero-order chi connectivity index (χ0) is 27.1. The molecule has 0 aliphatic rings. The molecule has 0 saturated carbocycles. The van der Waals surface area contributed by atoms with Crippen molar-refractivity contribution >= 4 is 28.1 Å². The Hall–Kier alpha value is -3.98. The number of furan rings is 1. The quantitative estimate of drug-likeness (QED) is 0.160. The third kappa shape index (κ3) is 6.47. The van der Waals surface area contributed by atoms with Gasteiger partial charge in [-0.05, 0) is 98.2 Å². The van der Waals surface area contributed by atoms with Gasteiger partial charge >= 0.3 is 5.91 Å². The number of amides is 1. The molecule has 1 N–H and O–H groups in total. The van der Waals surface area contributed by atoms with Crippen LogP contribution in [0.4, 0.5) is 0 Å². The number of nitrogens with zero attached hydrogens (tertiary/aromatic N) is 2. The fourth-order valence-corrected chi connectivity index (χ4v) is 4.39. The molecule has 0 spiro atoms. The summed E-state index contributed by atoms with van der Waals surface area (Å²) in [5.74, 6) is 2.15. The standard InChI is InChI=1S/C29H30BrN3O5/c1-5-35-27-16-28(36-6-2)25(30)15-21(27)17-31-32-29(34)26-14-13-24(38-26)18-37-23-11-9-22(10-12-23)33-19(3)7-8-20(33)4/h7-17H,5-6,18H2,1-4H3,(H,32,34)/b31-17+. The maximum atomic E-state index is 12.5. The number of halogens is 1. The summed E-state index contributed by atoms with van der Waals surface area (Å²) in [5, 5.41) is 4.06. The Kier molecular flexibility index (Phi) is 8.91. The summed E-state index contributed by atoms with van der Waals surface area (Å²) in [5.41, 5.74) is 6.58. The van der Waals surface area contributed by atoms with E-state index in [1.165, 1.54) is 17.6 Å². The lowest BCUT2D eigenvalue weighted by Crippen LogP contribution is -2.17. The van der Waals surface area contributed by atoms with E-state index in [0.717, 1.165) is 10.2 Å². The van der Waals surface area contributed by atoms with Gasteiger partial charge in [-0.15, -0.1) is 0 Å². The molecule has 0 atom stereocenters. The summed E-state index contributed by atoms with van der Waals surface area (Å²) >= 11 is 3.49. The first-order valence-electron chi connectivity index (χ1n) is 12.3. The van der Waals surface area contributed by atoms with Gasteiger partial charge in [0.1, 0.15) is 29.6 Å². The van der Waals surface area contributed by atoms with Crippen LogP contribution in [0.1, 0.15) is 47.1 Å². The van der Waals surface area contributed by atoms with Gasteiger partial charge in [0, 0.05) is 28.7 Å². The van der Waals surface area contributed by atoms with Gasteiger partial charge in [-0.2, -0.15) is 5.10 Å². The summed E-state index contributed by atoms with van der Waals surface area (Å²) in [7, 11) is 0. The first-order chi connectivity index (χ1) is 18.4. The van der Waals surface area contributed by atoms with Crippen LogP contribution in [0, 0.1) is 13.8 Å². The Morgan fingerprint density at radius 3 is 2.32 bits per heavy atom. The molecule has 4 rings (SSSR count). The first kappa shape index (κ1) is 27.1. The van der Waals surface area contributed by atoms with Gasteiger partial charge in [0.2, 0.25) is 0 Å². The number of hydrogen-bond acceptors (Lipinski definition) is 6. The van der Waals surface area contributed by atoms with E-state index >= 15 is 0 Å². The second kappa shape index (κ2) is 12.5. The molecule has 198 valence electrons. The molecule has 4 aromatic rings. The fourth-order valence-electron chi connectivity index (χ4n) is 3.91. The highest BCUT2D eigenvalue weighted by Crippen LogP contribution is 2.32. The number of aryl methyl sites for hydroxylation is 2. The van der Waals surface area contributed by atoms with Crippen molar-refractivity contribution in [1.82, 2.24) is 9.99 Å². The SMILES string of the molecule is CCOc1cc(OCC)c(/C=N/NC(=O)c2ccc(COc3ccc(-n4c(C)ccc4C)cc3)o2)cc1Br. The van der Waals surface area contributed by atoms with Crippen LogP contribution >= 0.6 is 15.9 Å². The van der Waals surface area contributed by atoms with E-state index in [1.807, 2.05) is 44.2 Å². The van der Waals surface area contributed by atoms with Crippen molar-refractivity contribution in [3.63, 3.8) is 0 Å². The largest absolute Gasteiger partial charge is 0.493 e. The molecule has 2 aromatic carbocycles. The number of carbonyl (C=O) groups is 1. The number of carbonyl (C=O) groups excluding carboxylic acids is 1. The molecule has 0 unspecified atom stereocenters. The maximum Gasteiger partial charge on any atom is 0.307 e. The Bertz CT molecular complexity index is 1400. The number of rotatable bonds is 11. The van der Waals surface area contributed by atoms with E-state index in [1.54, 1.807) is 18.2 Å². The lowest BCUT2D eigenvalue weighted by molar-refractivity contribution is 0.0923. The van der Waals surface area contributed by atoms with Gasteiger partial charge in [0.05, 0.1) is 23.9 Å². The molecule has 0 saturated heterocycles. The number of aromatic nitrogens is 1. The van der Waals surface area contributed by atoms with Crippen LogP contribution in [0.3, 0.4) is 0 Å². The lowest BCUT2D eigenvalue weighted by Gasteiger charge is -2.12. The molecule has 38 heavy (non-hydrogen) atoms. The monoisotopic (exact) mass is 579 g/mol. The minimum absolute atomic E-state index is 0.132. The molecular weight excluding hydrogens is 550 g/mol. The van der Waals surface area contributed by atoms with Crippen molar-refractivity contribution in [2.24, 2.45) is 5.10 Å². The molecule has 9 heteroatoms. The second-order valence-corrected chi connectivity index (χ2v) is 9.24. The van der Waals surface area contributed by atoms with Crippen LogP contribution in [-0.4, -0.2) is 29.9 Å². The Balaban J connectivity index is 1.34. The Labute approximate surface area is 230 Å². The van der Waals surface area contributed by atoms with Crippen LogP contribution in [-0.2, 0) is 6.61 Å². The summed E-state index contributed by atoms with van der Waals surface area (Å²) in [6.45, 7) is 9.15. The predicted octanol–water partition coefficient (Wildman–Crippen LogP) is 6.59. The zero-order valence-electron chi connectivity index (χ0n) is 21.8. The number of hydrogen-bond donors (Lipinski definition) is 1. The van der Waals surface area contributed by atoms with Crippen molar-refractivity contribution < 1.29 is 23.4 Å². The summed E-state index contributed by atoms with van der Waals surface area (Å²) < 4.78 is 25.7.